The smallest absolute Gasteiger partial charge is 0.306 e. The molecule has 7 heteroatoms. The van der Waals surface area contributed by atoms with E-state index in [9.17, 15) is 14.4 Å². The Morgan fingerprint density at radius 2 is 1.58 bits per heavy atom. The van der Waals surface area contributed by atoms with Crippen molar-refractivity contribution in [3.8, 4) is 5.75 Å². The summed E-state index contributed by atoms with van der Waals surface area (Å²) in [5.74, 6) is 0.268. The Balaban J connectivity index is 1.88. The molecule has 1 aliphatic rings. The third-order valence-corrected chi connectivity index (χ3v) is 4.51. The fourth-order valence-electron chi connectivity index (χ4n) is 3.01. The van der Waals surface area contributed by atoms with Crippen LogP contribution in [0.1, 0.15) is 24.8 Å². The first-order valence-corrected chi connectivity index (χ1v) is 8.79. The second-order valence-corrected chi connectivity index (χ2v) is 6.18. The third-order valence-electron chi connectivity index (χ3n) is 4.51. The molecule has 0 bridgehead atoms. The molecule has 1 aromatic rings. The van der Waals surface area contributed by atoms with Crippen molar-refractivity contribution in [1.29, 1.82) is 0 Å². The van der Waals surface area contributed by atoms with Crippen LogP contribution in [-0.2, 0) is 25.5 Å². The van der Waals surface area contributed by atoms with E-state index >= 15 is 0 Å². The molecule has 7 nitrogen and oxygen atoms in total. The van der Waals surface area contributed by atoms with Crippen LogP contribution >= 0.6 is 0 Å². The number of hydrogen-bond donors (Lipinski definition) is 0. The summed E-state index contributed by atoms with van der Waals surface area (Å²) >= 11 is 0. The number of rotatable bonds is 6. The van der Waals surface area contributed by atoms with Crippen molar-refractivity contribution in [3.05, 3.63) is 29.8 Å². The number of carbonyl (C=O) groups excluding carboxylic acids is 3. The van der Waals surface area contributed by atoms with E-state index in [0.717, 1.165) is 12.0 Å². The van der Waals surface area contributed by atoms with Crippen molar-refractivity contribution in [2.75, 3.05) is 40.4 Å². The Labute approximate surface area is 153 Å². The van der Waals surface area contributed by atoms with E-state index in [1.54, 1.807) is 16.9 Å². The Kier molecular flexibility index (Phi) is 7.44. The van der Waals surface area contributed by atoms with E-state index in [0.29, 0.717) is 31.9 Å². The van der Waals surface area contributed by atoms with Gasteiger partial charge in [-0.15, -0.1) is 0 Å². The highest BCUT2D eigenvalue weighted by Crippen LogP contribution is 2.19. The molecule has 142 valence electrons. The summed E-state index contributed by atoms with van der Waals surface area (Å²) in [4.78, 5) is 39.5. The van der Waals surface area contributed by atoms with E-state index in [1.807, 2.05) is 24.3 Å². The molecule has 0 unspecified atom stereocenters. The fourth-order valence-corrected chi connectivity index (χ4v) is 3.01. The van der Waals surface area contributed by atoms with Gasteiger partial charge in [-0.25, -0.2) is 0 Å². The van der Waals surface area contributed by atoms with Crippen LogP contribution in [0.5, 0.6) is 5.75 Å². The molecule has 1 fully saturated rings. The summed E-state index contributed by atoms with van der Waals surface area (Å²) in [5.41, 5.74) is 0.857. The standard InChI is InChI=1S/C19H26N2O5/c1-25-16-7-4-3-6-15(16)14-18(23)21-11-5-10-20(12-13-21)17(22)8-9-19(24)26-2/h3-4,6-7H,5,8-14H2,1-2H3. The summed E-state index contributed by atoms with van der Waals surface area (Å²) in [7, 11) is 2.90. The first kappa shape index (κ1) is 19.8. The summed E-state index contributed by atoms with van der Waals surface area (Å²) in [6.45, 7) is 2.20. The van der Waals surface area contributed by atoms with E-state index in [-0.39, 0.29) is 37.0 Å². The van der Waals surface area contributed by atoms with Crippen LogP contribution in [0, 0.1) is 0 Å². The molecular formula is C19H26N2O5. The quantitative estimate of drug-likeness (QED) is 0.712. The highest BCUT2D eigenvalue weighted by atomic mass is 16.5. The fraction of sp³-hybridized carbons (Fsp3) is 0.526. The van der Waals surface area contributed by atoms with E-state index in [4.69, 9.17) is 4.74 Å². The second kappa shape index (κ2) is 9.79. The summed E-state index contributed by atoms with van der Waals surface area (Å²) in [6, 6.07) is 7.48. The lowest BCUT2D eigenvalue weighted by Crippen LogP contribution is -2.38. The summed E-state index contributed by atoms with van der Waals surface area (Å²) < 4.78 is 9.86. The van der Waals surface area contributed by atoms with Crippen molar-refractivity contribution in [1.82, 2.24) is 9.80 Å². The number of benzene rings is 1. The number of hydrogen-bond acceptors (Lipinski definition) is 5. The van der Waals surface area contributed by atoms with Crippen LogP contribution in [0.2, 0.25) is 0 Å². The Morgan fingerprint density at radius 1 is 0.923 bits per heavy atom. The maximum absolute atomic E-state index is 12.6. The third kappa shape index (κ3) is 5.47. The van der Waals surface area contributed by atoms with Gasteiger partial charge in [-0.1, -0.05) is 18.2 Å². The number of nitrogens with zero attached hydrogens (tertiary/aromatic N) is 2. The highest BCUT2D eigenvalue weighted by Gasteiger charge is 2.23. The number of esters is 1. The van der Waals surface area contributed by atoms with Crippen molar-refractivity contribution in [3.63, 3.8) is 0 Å². The zero-order valence-corrected chi connectivity index (χ0v) is 15.4. The lowest BCUT2D eigenvalue weighted by molar-refractivity contribution is -0.143. The molecule has 26 heavy (non-hydrogen) atoms. The largest absolute Gasteiger partial charge is 0.496 e. The maximum Gasteiger partial charge on any atom is 0.306 e. The van der Waals surface area contributed by atoms with Crippen molar-refractivity contribution in [2.45, 2.75) is 25.7 Å². The lowest BCUT2D eigenvalue weighted by atomic mass is 10.1. The molecular weight excluding hydrogens is 336 g/mol. The monoisotopic (exact) mass is 362 g/mol. The van der Waals surface area contributed by atoms with Gasteiger partial charge in [0.15, 0.2) is 0 Å². The normalized spacial score (nSPS) is 14.5. The summed E-state index contributed by atoms with van der Waals surface area (Å²) in [6.07, 6.45) is 1.23. The maximum atomic E-state index is 12.6. The molecule has 0 aromatic heterocycles. The molecule has 0 spiro atoms. The topological polar surface area (TPSA) is 76.2 Å². The molecule has 1 aromatic carbocycles. The van der Waals surface area contributed by atoms with Gasteiger partial charge in [-0.05, 0) is 12.5 Å². The first-order chi connectivity index (χ1) is 12.5. The molecule has 1 saturated heterocycles. The minimum atomic E-state index is -0.387. The summed E-state index contributed by atoms with van der Waals surface area (Å²) in [5, 5.41) is 0. The van der Waals surface area contributed by atoms with Crippen LogP contribution in [0.25, 0.3) is 0 Å². The van der Waals surface area contributed by atoms with Gasteiger partial charge in [-0.3, -0.25) is 14.4 Å². The lowest BCUT2D eigenvalue weighted by Gasteiger charge is -2.22. The number of methoxy groups -OCH3 is 2. The number of amides is 2. The van der Waals surface area contributed by atoms with Gasteiger partial charge in [0.05, 0.1) is 27.1 Å². The Hall–Kier alpha value is -2.57. The predicted octanol–water partition coefficient (Wildman–Crippen LogP) is 1.25. The van der Waals surface area contributed by atoms with Gasteiger partial charge in [0.2, 0.25) is 11.8 Å². The van der Waals surface area contributed by atoms with Crippen molar-refractivity contribution < 1.29 is 23.9 Å². The molecule has 0 atom stereocenters. The van der Waals surface area contributed by atoms with Crippen LogP contribution < -0.4 is 4.74 Å². The van der Waals surface area contributed by atoms with Gasteiger partial charge < -0.3 is 19.3 Å². The minimum Gasteiger partial charge on any atom is -0.496 e. The molecule has 0 radical (unpaired) electrons. The highest BCUT2D eigenvalue weighted by molar-refractivity contribution is 5.82. The van der Waals surface area contributed by atoms with Crippen LogP contribution in [-0.4, -0.2) is 68.0 Å². The molecule has 2 rings (SSSR count). The Bertz CT molecular complexity index is 647. The molecule has 1 heterocycles. The molecule has 1 aliphatic heterocycles. The average Bonchev–Trinajstić information content (AvgIpc) is 2.92. The Morgan fingerprint density at radius 3 is 2.23 bits per heavy atom. The molecule has 0 aliphatic carbocycles. The minimum absolute atomic E-state index is 0.0263. The first-order valence-electron chi connectivity index (χ1n) is 8.79. The van der Waals surface area contributed by atoms with Crippen molar-refractivity contribution in [2.24, 2.45) is 0 Å². The zero-order valence-electron chi connectivity index (χ0n) is 15.4. The van der Waals surface area contributed by atoms with Gasteiger partial charge >= 0.3 is 5.97 Å². The van der Waals surface area contributed by atoms with Gasteiger partial charge in [0.1, 0.15) is 5.75 Å². The van der Waals surface area contributed by atoms with Crippen LogP contribution in [0.4, 0.5) is 0 Å². The number of ether oxygens (including phenoxy) is 2. The van der Waals surface area contributed by atoms with E-state index in [2.05, 4.69) is 4.74 Å². The van der Waals surface area contributed by atoms with Crippen LogP contribution in [0.15, 0.2) is 24.3 Å². The predicted molar refractivity (Wildman–Crippen MR) is 95.7 cm³/mol. The zero-order chi connectivity index (χ0) is 18.9. The molecule has 0 saturated carbocycles. The van der Waals surface area contributed by atoms with Crippen molar-refractivity contribution >= 4 is 17.8 Å². The molecule has 0 N–H and O–H groups in total. The number of carbonyl (C=O) groups is 3. The van der Waals surface area contributed by atoms with E-state index < -0.39 is 0 Å². The van der Waals surface area contributed by atoms with Gasteiger partial charge in [0.25, 0.3) is 0 Å². The van der Waals surface area contributed by atoms with Gasteiger partial charge in [-0.2, -0.15) is 0 Å². The number of para-hydroxylation sites is 1. The second-order valence-electron chi connectivity index (χ2n) is 6.18. The van der Waals surface area contributed by atoms with E-state index in [1.165, 1.54) is 7.11 Å². The SMILES string of the molecule is COC(=O)CCC(=O)N1CCCN(C(=O)Cc2ccccc2OC)CC1. The average molecular weight is 362 g/mol. The molecule has 2 amide bonds. The van der Waals surface area contributed by atoms with Gasteiger partial charge in [0, 0.05) is 38.2 Å². The van der Waals surface area contributed by atoms with Crippen LogP contribution in [0.3, 0.4) is 0 Å².